The lowest BCUT2D eigenvalue weighted by Gasteiger charge is -2.37. The van der Waals surface area contributed by atoms with Crippen LogP contribution in [-0.2, 0) is 11.2 Å². The number of carbonyl (C=O) groups is 1. The summed E-state index contributed by atoms with van der Waals surface area (Å²) in [5, 5.41) is 9.64. The number of phenols is 1. The topological polar surface area (TPSA) is 37.3 Å². The summed E-state index contributed by atoms with van der Waals surface area (Å²) < 4.78 is 0. The molecule has 20 heavy (non-hydrogen) atoms. The van der Waals surface area contributed by atoms with E-state index in [4.69, 9.17) is 0 Å². The van der Waals surface area contributed by atoms with Crippen LogP contribution >= 0.6 is 0 Å². The summed E-state index contributed by atoms with van der Waals surface area (Å²) in [6, 6.07) is 5.71. The summed E-state index contributed by atoms with van der Waals surface area (Å²) in [5.74, 6) is 0.735. The molecule has 0 fully saturated rings. The van der Waals surface area contributed by atoms with Gasteiger partial charge in [0.25, 0.3) is 0 Å². The Bertz CT molecular complexity index is 693. The maximum Gasteiger partial charge on any atom is 0.146 e. The zero-order chi connectivity index (χ0) is 13.9. The van der Waals surface area contributed by atoms with Crippen LogP contribution in [0.15, 0.2) is 35.4 Å². The molecule has 0 heterocycles. The van der Waals surface area contributed by atoms with E-state index >= 15 is 0 Å². The number of aromatic hydroxyl groups is 1. The molecule has 2 heteroatoms. The second-order valence-electron chi connectivity index (χ2n) is 6.38. The molecule has 0 spiro atoms. The SMILES string of the molecule is CC12CCC3=C(CCc4cc(O)ccc43)C1=CCC2=O. The number of ketones is 1. The van der Waals surface area contributed by atoms with Crippen molar-refractivity contribution in [2.45, 2.75) is 39.0 Å². The van der Waals surface area contributed by atoms with Gasteiger partial charge in [-0.25, -0.2) is 0 Å². The van der Waals surface area contributed by atoms with Crippen molar-refractivity contribution in [3.8, 4) is 5.75 Å². The third-order valence-electron chi connectivity index (χ3n) is 5.32. The molecule has 1 aromatic carbocycles. The number of aryl methyl sites for hydroxylation is 1. The third-order valence-corrected chi connectivity index (χ3v) is 5.32. The van der Waals surface area contributed by atoms with Crippen molar-refractivity contribution < 1.29 is 9.90 Å². The Kier molecular flexibility index (Phi) is 2.30. The Hall–Kier alpha value is -1.83. The number of hydrogen-bond donors (Lipinski definition) is 1. The summed E-state index contributed by atoms with van der Waals surface area (Å²) in [7, 11) is 0. The molecule has 1 N–H and O–H groups in total. The summed E-state index contributed by atoms with van der Waals surface area (Å²) in [6.45, 7) is 2.12. The summed E-state index contributed by atoms with van der Waals surface area (Å²) >= 11 is 0. The molecule has 1 atom stereocenters. The molecule has 1 aromatic rings. The molecule has 1 unspecified atom stereocenters. The highest BCUT2D eigenvalue weighted by Crippen LogP contribution is 2.53. The van der Waals surface area contributed by atoms with Gasteiger partial charge >= 0.3 is 0 Å². The van der Waals surface area contributed by atoms with Gasteiger partial charge in [0, 0.05) is 6.42 Å². The van der Waals surface area contributed by atoms with Crippen LogP contribution in [0.2, 0.25) is 0 Å². The Balaban J connectivity index is 1.89. The van der Waals surface area contributed by atoms with Crippen LogP contribution in [-0.4, -0.2) is 10.9 Å². The molecular weight excluding hydrogens is 248 g/mol. The minimum atomic E-state index is -0.229. The number of allylic oxidation sites excluding steroid dienone is 4. The second kappa shape index (κ2) is 3.85. The van der Waals surface area contributed by atoms with Gasteiger partial charge in [0.1, 0.15) is 11.5 Å². The fourth-order valence-electron chi connectivity index (χ4n) is 4.14. The molecule has 102 valence electrons. The van der Waals surface area contributed by atoms with Gasteiger partial charge < -0.3 is 5.11 Å². The summed E-state index contributed by atoms with van der Waals surface area (Å²) in [4.78, 5) is 12.2. The van der Waals surface area contributed by atoms with Gasteiger partial charge in [-0.1, -0.05) is 12.1 Å². The molecule has 3 aliphatic carbocycles. The first-order valence-corrected chi connectivity index (χ1v) is 7.38. The van der Waals surface area contributed by atoms with E-state index in [1.165, 1.54) is 27.8 Å². The van der Waals surface area contributed by atoms with Gasteiger partial charge in [0.2, 0.25) is 0 Å². The van der Waals surface area contributed by atoms with Crippen LogP contribution < -0.4 is 0 Å². The van der Waals surface area contributed by atoms with Crippen LogP contribution in [0.4, 0.5) is 0 Å². The quantitative estimate of drug-likeness (QED) is 0.775. The summed E-state index contributed by atoms with van der Waals surface area (Å²) in [6.07, 6.45) is 6.63. The molecule has 0 amide bonds. The molecule has 2 nitrogen and oxygen atoms in total. The number of rotatable bonds is 0. The van der Waals surface area contributed by atoms with E-state index in [9.17, 15) is 9.90 Å². The maximum atomic E-state index is 12.2. The standard InChI is InChI=1S/C18H18O2/c1-18-9-8-14-13-5-3-12(19)10-11(13)2-4-15(14)16(18)6-7-17(18)20/h3,5-6,10,19H,2,4,7-9H2,1H3. The van der Waals surface area contributed by atoms with Crippen molar-refractivity contribution in [3.63, 3.8) is 0 Å². The number of Topliss-reactive ketones (excluding diaryl/α,β-unsaturated/α-hetero) is 1. The van der Waals surface area contributed by atoms with E-state index < -0.39 is 0 Å². The normalized spacial score (nSPS) is 27.9. The lowest BCUT2D eigenvalue weighted by Crippen LogP contribution is -2.30. The van der Waals surface area contributed by atoms with Gasteiger partial charge in [-0.3, -0.25) is 4.79 Å². The minimum absolute atomic E-state index is 0.229. The molecule has 0 aromatic heterocycles. The van der Waals surface area contributed by atoms with Crippen LogP contribution in [0.5, 0.6) is 5.75 Å². The zero-order valence-corrected chi connectivity index (χ0v) is 11.7. The van der Waals surface area contributed by atoms with Crippen LogP contribution in [0, 0.1) is 5.41 Å². The zero-order valence-electron chi connectivity index (χ0n) is 11.7. The van der Waals surface area contributed by atoms with E-state index in [1.807, 2.05) is 12.1 Å². The Morgan fingerprint density at radius 2 is 2.00 bits per heavy atom. The van der Waals surface area contributed by atoms with Gasteiger partial charge in [-0.15, -0.1) is 0 Å². The van der Waals surface area contributed by atoms with E-state index in [0.717, 1.165) is 25.7 Å². The van der Waals surface area contributed by atoms with Crippen LogP contribution in [0.1, 0.15) is 43.7 Å². The molecule has 4 rings (SSSR count). The monoisotopic (exact) mass is 266 g/mol. The molecule has 0 saturated carbocycles. The van der Waals surface area contributed by atoms with E-state index in [1.54, 1.807) is 6.07 Å². The maximum absolute atomic E-state index is 12.2. The number of benzene rings is 1. The highest BCUT2D eigenvalue weighted by Gasteiger charge is 2.45. The Morgan fingerprint density at radius 3 is 2.85 bits per heavy atom. The first-order valence-electron chi connectivity index (χ1n) is 7.38. The van der Waals surface area contributed by atoms with Crippen LogP contribution in [0.3, 0.4) is 0 Å². The van der Waals surface area contributed by atoms with Crippen molar-refractivity contribution in [2.24, 2.45) is 5.41 Å². The van der Waals surface area contributed by atoms with E-state index in [0.29, 0.717) is 18.0 Å². The molecule has 0 radical (unpaired) electrons. The number of phenolic OH excluding ortho intramolecular Hbond substituents is 1. The van der Waals surface area contributed by atoms with Gasteiger partial charge in [-0.2, -0.15) is 0 Å². The Labute approximate surface area is 118 Å². The Morgan fingerprint density at radius 1 is 1.15 bits per heavy atom. The van der Waals surface area contributed by atoms with Gasteiger partial charge in [-0.05, 0) is 72.6 Å². The predicted octanol–water partition coefficient (Wildman–Crippen LogP) is 3.79. The number of hydrogen-bond acceptors (Lipinski definition) is 2. The lowest BCUT2D eigenvalue weighted by atomic mass is 9.65. The first-order chi connectivity index (χ1) is 9.59. The fraction of sp³-hybridized carbons (Fsp3) is 0.389. The van der Waals surface area contributed by atoms with Crippen molar-refractivity contribution >= 4 is 11.4 Å². The predicted molar refractivity (Wildman–Crippen MR) is 78.4 cm³/mol. The van der Waals surface area contributed by atoms with Crippen LogP contribution in [0.25, 0.3) is 5.57 Å². The number of fused-ring (bicyclic) bond motifs is 4. The second-order valence-corrected chi connectivity index (χ2v) is 6.38. The minimum Gasteiger partial charge on any atom is -0.508 e. The molecule has 3 aliphatic rings. The van der Waals surface area contributed by atoms with Gasteiger partial charge in [0.05, 0.1) is 5.41 Å². The number of carbonyl (C=O) groups excluding carboxylic acids is 1. The van der Waals surface area contributed by atoms with Crippen molar-refractivity contribution in [2.75, 3.05) is 0 Å². The van der Waals surface area contributed by atoms with E-state index in [-0.39, 0.29) is 5.41 Å². The van der Waals surface area contributed by atoms with Crippen molar-refractivity contribution in [1.29, 1.82) is 0 Å². The van der Waals surface area contributed by atoms with Crippen molar-refractivity contribution in [1.82, 2.24) is 0 Å². The molecule has 0 aliphatic heterocycles. The molecule has 0 saturated heterocycles. The first kappa shape index (κ1) is 12.0. The molecule has 0 bridgehead atoms. The summed E-state index contributed by atoms with van der Waals surface area (Å²) in [5.41, 5.74) is 6.41. The average Bonchev–Trinajstić information content (AvgIpc) is 2.74. The lowest BCUT2D eigenvalue weighted by molar-refractivity contribution is -0.124. The smallest absolute Gasteiger partial charge is 0.146 e. The van der Waals surface area contributed by atoms with Crippen molar-refractivity contribution in [3.05, 3.63) is 46.5 Å². The van der Waals surface area contributed by atoms with Gasteiger partial charge in [0.15, 0.2) is 0 Å². The molecular formula is C18H18O2. The van der Waals surface area contributed by atoms with E-state index in [2.05, 4.69) is 13.0 Å². The fourth-order valence-corrected chi connectivity index (χ4v) is 4.14. The largest absolute Gasteiger partial charge is 0.508 e. The third kappa shape index (κ3) is 1.42. The highest BCUT2D eigenvalue weighted by molar-refractivity contribution is 5.96. The highest BCUT2D eigenvalue weighted by atomic mass is 16.3. The average molecular weight is 266 g/mol.